The van der Waals surface area contributed by atoms with Gasteiger partial charge < -0.3 is 14.6 Å². The van der Waals surface area contributed by atoms with Crippen LogP contribution in [-0.2, 0) is 11.3 Å². The molecular weight excluding hydrogens is 274 g/mol. The number of nitrogens with one attached hydrogen (secondary N) is 2. The first-order chi connectivity index (χ1) is 10.1. The molecule has 0 fully saturated rings. The van der Waals surface area contributed by atoms with Gasteiger partial charge in [0.2, 0.25) is 5.91 Å². The third kappa shape index (κ3) is 4.16. The predicted octanol–water partition coefficient (Wildman–Crippen LogP) is 0.485. The maximum absolute atomic E-state index is 11.9. The Kier molecular flexibility index (Phi) is 4.70. The average molecular weight is 291 g/mol. The second kappa shape index (κ2) is 6.69. The van der Waals surface area contributed by atoms with Crippen LogP contribution in [0.5, 0.6) is 0 Å². The van der Waals surface area contributed by atoms with Crippen molar-refractivity contribution in [3.05, 3.63) is 35.8 Å². The van der Waals surface area contributed by atoms with E-state index >= 15 is 0 Å². The van der Waals surface area contributed by atoms with Crippen molar-refractivity contribution >= 4 is 11.8 Å². The van der Waals surface area contributed by atoms with Crippen molar-refractivity contribution in [3.8, 4) is 0 Å². The topological polar surface area (TPSA) is 104 Å². The molecule has 0 aliphatic carbocycles. The lowest BCUT2D eigenvalue weighted by Gasteiger charge is -2.15. The Labute approximate surface area is 121 Å². The Bertz CT molecular complexity index is 605. The number of hydrogen-bond acceptors (Lipinski definition) is 5. The fourth-order valence-electron chi connectivity index (χ4n) is 1.73. The normalized spacial score (nSPS) is 10.4. The molecule has 8 heteroatoms. The number of furan rings is 1. The van der Waals surface area contributed by atoms with Gasteiger partial charge in [-0.15, -0.1) is 0 Å². The van der Waals surface area contributed by atoms with Gasteiger partial charge in [-0.2, -0.15) is 5.10 Å². The Morgan fingerprint density at radius 1 is 1.48 bits per heavy atom. The molecule has 2 N–H and O–H groups in total. The second-order valence-electron chi connectivity index (χ2n) is 4.57. The highest BCUT2D eigenvalue weighted by molar-refractivity contribution is 5.91. The molecule has 21 heavy (non-hydrogen) atoms. The van der Waals surface area contributed by atoms with Gasteiger partial charge in [-0.05, 0) is 19.1 Å². The number of aryl methyl sites for hydroxylation is 1. The van der Waals surface area contributed by atoms with E-state index in [0.29, 0.717) is 18.2 Å². The van der Waals surface area contributed by atoms with Crippen LogP contribution in [0.25, 0.3) is 0 Å². The average Bonchev–Trinajstić information content (AvgIpc) is 3.10. The van der Waals surface area contributed by atoms with Crippen molar-refractivity contribution in [2.24, 2.45) is 0 Å². The molecule has 0 aliphatic heterocycles. The predicted molar refractivity (Wildman–Crippen MR) is 73.3 cm³/mol. The van der Waals surface area contributed by atoms with E-state index in [9.17, 15) is 9.59 Å². The smallest absolute Gasteiger partial charge is 0.286 e. The summed E-state index contributed by atoms with van der Waals surface area (Å²) >= 11 is 0. The van der Waals surface area contributed by atoms with Crippen molar-refractivity contribution < 1.29 is 14.0 Å². The zero-order valence-corrected chi connectivity index (χ0v) is 11.9. The minimum Gasteiger partial charge on any atom is -0.459 e. The number of carbonyl (C=O) groups is 2. The van der Waals surface area contributed by atoms with Gasteiger partial charge in [-0.3, -0.25) is 14.7 Å². The lowest BCUT2D eigenvalue weighted by Crippen LogP contribution is -2.32. The summed E-state index contributed by atoms with van der Waals surface area (Å²) < 4.78 is 4.95. The summed E-state index contributed by atoms with van der Waals surface area (Å²) in [7, 11) is 1.67. The number of aromatic amines is 1. The molecule has 2 rings (SSSR count). The van der Waals surface area contributed by atoms with Crippen molar-refractivity contribution in [3.63, 3.8) is 0 Å². The summed E-state index contributed by atoms with van der Waals surface area (Å²) in [6, 6.07) is 3.20. The molecule has 0 bridgehead atoms. The molecule has 0 saturated heterocycles. The highest BCUT2D eigenvalue weighted by Crippen LogP contribution is 2.01. The van der Waals surface area contributed by atoms with Gasteiger partial charge in [0.25, 0.3) is 5.91 Å². The van der Waals surface area contributed by atoms with Crippen LogP contribution in [0.1, 0.15) is 28.6 Å². The molecule has 0 aliphatic rings. The molecule has 0 unspecified atom stereocenters. The van der Waals surface area contributed by atoms with Crippen LogP contribution in [0.4, 0.5) is 0 Å². The third-order valence-electron chi connectivity index (χ3n) is 2.82. The molecule has 112 valence electrons. The molecule has 0 aromatic carbocycles. The Hall–Kier alpha value is -2.64. The molecule has 2 heterocycles. The van der Waals surface area contributed by atoms with Crippen LogP contribution in [0.2, 0.25) is 0 Å². The summed E-state index contributed by atoms with van der Waals surface area (Å²) in [6.45, 7) is 2.37. The first-order valence-corrected chi connectivity index (χ1v) is 6.50. The zero-order valence-electron chi connectivity index (χ0n) is 11.9. The van der Waals surface area contributed by atoms with Crippen molar-refractivity contribution in [1.29, 1.82) is 0 Å². The maximum Gasteiger partial charge on any atom is 0.286 e. The number of hydrogen-bond donors (Lipinski definition) is 2. The monoisotopic (exact) mass is 291 g/mol. The zero-order chi connectivity index (χ0) is 15.2. The molecule has 0 radical (unpaired) electrons. The van der Waals surface area contributed by atoms with E-state index in [4.69, 9.17) is 4.42 Å². The van der Waals surface area contributed by atoms with Gasteiger partial charge in [-0.1, -0.05) is 0 Å². The Morgan fingerprint density at radius 3 is 2.90 bits per heavy atom. The lowest BCUT2D eigenvalue weighted by atomic mass is 10.3. The maximum atomic E-state index is 11.9. The summed E-state index contributed by atoms with van der Waals surface area (Å²) in [5.74, 6) is 1.06. The molecule has 2 aromatic rings. The van der Waals surface area contributed by atoms with Crippen molar-refractivity contribution in [2.75, 3.05) is 13.6 Å². The standard InChI is InChI=1S/C13H17N5O3/c1-9-15-11(17-16-9)8-18(2)12(19)5-6-14-13(20)10-4-3-7-21-10/h3-4,7H,5-6,8H2,1-2H3,(H,14,20)(H,15,16,17). The van der Waals surface area contributed by atoms with E-state index in [1.807, 2.05) is 0 Å². The fourth-order valence-corrected chi connectivity index (χ4v) is 1.73. The largest absolute Gasteiger partial charge is 0.459 e. The van der Waals surface area contributed by atoms with Crippen LogP contribution >= 0.6 is 0 Å². The van der Waals surface area contributed by atoms with E-state index in [2.05, 4.69) is 20.5 Å². The van der Waals surface area contributed by atoms with Gasteiger partial charge >= 0.3 is 0 Å². The van der Waals surface area contributed by atoms with Crippen LogP contribution < -0.4 is 5.32 Å². The number of aromatic nitrogens is 3. The van der Waals surface area contributed by atoms with E-state index in [0.717, 1.165) is 0 Å². The molecular formula is C13H17N5O3. The van der Waals surface area contributed by atoms with Gasteiger partial charge in [0, 0.05) is 20.0 Å². The third-order valence-corrected chi connectivity index (χ3v) is 2.82. The summed E-state index contributed by atoms with van der Waals surface area (Å²) in [6.07, 6.45) is 1.62. The van der Waals surface area contributed by atoms with Crippen molar-refractivity contribution in [1.82, 2.24) is 25.4 Å². The highest BCUT2D eigenvalue weighted by atomic mass is 16.3. The number of rotatable bonds is 6. The van der Waals surface area contributed by atoms with Crippen LogP contribution in [-0.4, -0.2) is 45.5 Å². The SMILES string of the molecule is Cc1nc(CN(C)C(=O)CCNC(=O)c2ccco2)n[nH]1. The van der Waals surface area contributed by atoms with Crippen LogP contribution in [0, 0.1) is 6.92 Å². The minimum absolute atomic E-state index is 0.0998. The molecule has 0 saturated carbocycles. The first-order valence-electron chi connectivity index (χ1n) is 6.50. The van der Waals surface area contributed by atoms with Gasteiger partial charge in [-0.25, -0.2) is 4.98 Å². The number of nitrogens with zero attached hydrogens (tertiary/aromatic N) is 3. The number of amides is 2. The van der Waals surface area contributed by atoms with E-state index < -0.39 is 0 Å². The number of H-pyrrole nitrogens is 1. The first kappa shape index (κ1) is 14.8. The van der Waals surface area contributed by atoms with Crippen LogP contribution in [0.3, 0.4) is 0 Å². The molecule has 8 nitrogen and oxygen atoms in total. The van der Waals surface area contributed by atoms with Crippen LogP contribution in [0.15, 0.2) is 22.8 Å². The summed E-state index contributed by atoms with van der Waals surface area (Å²) in [4.78, 5) is 29.2. The summed E-state index contributed by atoms with van der Waals surface area (Å²) in [5, 5.41) is 9.31. The van der Waals surface area contributed by atoms with E-state index in [1.54, 1.807) is 26.1 Å². The fraction of sp³-hybridized carbons (Fsp3) is 0.385. The summed E-state index contributed by atoms with van der Waals surface area (Å²) in [5.41, 5.74) is 0. The van der Waals surface area contributed by atoms with E-state index in [-0.39, 0.29) is 30.5 Å². The highest BCUT2D eigenvalue weighted by Gasteiger charge is 2.13. The Balaban J connectivity index is 1.72. The molecule has 2 amide bonds. The quantitative estimate of drug-likeness (QED) is 0.805. The van der Waals surface area contributed by atoms with E-state index in [1.165, 1.54) is 11.2 Å². The van der Waals surface area contributed by atoms with Crippen molar-refractivity contribution in [2.45, 2.75) is 19.9 Å². The van der Waals surface area contributed by atoms with Gasteiger partial charge in [0.15, 0.2) is 11.6 Å². The lowest BCUT2D eigenvalue weighted by molar-refractivity contribution is -0.130. The van der Waals surface area contributed by atoms with Gasteiger partial charge in [0.1, 0.15) is 5.82 Å². The number of carbonyl (C=O) groups excluding carboxylic acids is 2. The van der Waals surface area contributed by atoms with Gasteiger partial charge in [0.05, 0.1) is 12.8 Å². The second-order valence-corrected chi connectivity index (χ2v) is 4.57. The molecule has 2 aromatic heterocycles. The molecule has 0 spiro atoms. The Morgan fingerprint density at radius 2 is 2.29 bits per heavy atom. The molecule has 0 atom stereocenters. The minimum atomic E-state index is -0.333.